The minimum Gasteiger partial charge on any atom is -0.482 e. The highest BCUT2D eigenvalue weighted by atomic mass is 79.9. The summed E-state index contributed by atoms with van der Waals surface area (Å²) >= 11 is 3.10. The van der Waals surface area contributed by atoms with Gasteiger partial charge >= 0.3 is 0 Å². The Balaban J connectivity index is 2.68. The lowest BCUT2D eigenvalue weighted by Crippen LogP contribution is -1.98. The van der Waals surface area contributed by atoms with Gasteiger partial charge in [0, 0.05) is 4.47 Å². The lowest BCUT2D eigenvalue weighted by atomic mass is 10.1. The lowest BCUT2D eigenvalue weighted by Gasteiger charge is -1.98. The van der Waals surface area contributed by atoms with Gasteiger partial charge in [-0.25, -0.2) is 4.39 Å². The van der Waals surface area contributed by atoms with Crippen molar-refractivity contribution in [1.82, 2.24) is 0 Å². The molecule has 0 N–H and O–H groups in total. The molecule has 12 heavy (non-hydrogen) atoms. The first kappa shape index (κ1) is 7.73. The molecule has 0 bridgehead atoms. The zero-order chi connectivity index (χ0) is 8.72. The second kappa shape index (κ2) is 2.55. The van der Waals surface area contributed by atoms with Crippen molar-refractivity contribution >= 4 is 21.7 Å². The first-order valence-electron chi connectivity index (χ1n) is 3.33. The molecule has 2 nitrogen and oxygen atoms in total. The summed E-state index contributed by atoms with van der Waals surface area (Å²) < 4.78 is 18.4. The number of halogens is 2. The van der Waals surface area contributed by atoms with Crippen molar-refractivity contribution in [3.63, 3.8) is 0 Å². The van der Waals surface area contributed by atoms with Gasteiger partial charge in [0.15, 0.2) is 18.2 Å². The van der Waals surface area contributed by atoms with Crippen molar-refractivity contribution in [2.24, 2.45) is 0 Å². The van der Waals surface area contributed by atoms with Gasteiger partial charge in [-0.1, -0.05) is 15.9 Å². The molecule has 0 unspecified atom stereocenters. The predicted octanol–water partition coefficient (Wildman–Crippen LogP) is 2.16. The van der Waals surface area contributed by atoms with Crippen molar-refractivity contribution in [2.75, 3.05) is 6.61 Å². The molecular formula is C8H4BrFO2. The van der Waals surface area contributed by atoms with Crippen LogP contribution in [-0.2, 0) is 0 Å². The second-order valence-corrected chi connectivity index (χ2v) is 3.39. The van der Waals surface area contributed by atoms with E-state index in [1.165, 1.54) is 6.07 Å². The number of fused-ring (bicyclic) bond motifs is 1. The third-order valence-electron chi connectivity index (χ3n) is 1.66. The molecular weight excluding hydrogens is 227 g/mol. The Kier molecular flexibility index (Phi) is 1.65. The van der Waals surface area contributed by atoms with E-state index in [0.717, 1.165) is 0 Å². The van der Waals surface area contributed by atoms with Crippen LogP contribution in [0.5, 0.6) is 5.75 Å². The fraction of sp³-hybridized carbons (Fsp3) is 0.125. The largest absolute Gasteiger partial charge is 0.482 e. The molecule has 4 heteroatoms. The number of rotatable bonds is 0. The maximum atomic E-state index is 13.0. The van der Waals surface area contributed by atoms with E-state index >= 15 is 0 Å². The van der Waals surface area contributed by atoms with E-state index in [4.69, 9.17) is 4.74 Å². The highest BCUT2D eigenvalue weighted by molar-refractivity contribution is 9.10. The van der Waals surface area contributed by atoms with E-state index in [1.807, 2.05) is 0 Å². The summed E-state index contributed by atoms with van der Waals surface area (Å²) in [7, 11) is 0. The zero-order valence-electron chi connectivity index (χ0n) is 5.93. The number of benzene rings is 1. The molecule has 1 aromatic rings. The van der Waals surface area contributed by atoms with Crippen LogP contribution in [0.4, 0.5) is 4.39 Å². The van der Waals surface area contributed by atoms with Crippen LogP contribution >= 0.6 is 15.9 Å². The number of carbonyl (C=O) groups is 1. The fourth-order valence-corrected chi connectivity index (χ4v) is 1.56. The van der Waals surface area contributed by atoms with E-state index in [2.05, 4.69) is 15.9 Å². The molecule has 1 aliphatic heterocycles. The van der Waals surface area contributed by atoms with Crippen molar-refractivity contribution in [3.05, 3.63) is 28.0 Å². The number of hydrogen-bond donors (Lipinski definition) is 0. The fourth-order valence-electron chi connectivity index (χ4n) is 1.13. The second-order valence-electron chi connectivity index (χ2n) is 2.48. The summed E-state index contributed by atoms with van der Waals surface area (Å²) in [5.74, 6) is -0.598. The van der Waals surface area contributed by atoms with Crippen molar-refractivity contribution in [2.45, 2.75) is 0 Å². The van der Waals surface area contributed by atoms with Gasteiger partial charge in [-0.05, 0) is 12.1 Å². The van der Waals surface area contributed by atoms with Crippen LogP contribution in [0.1, 0.15) is 10.4 Å². The van der Waals surface area contributed by atoms with Crippen LogP contribution in [0.15, 0.2) is 16.6 Å². The Bertz CT molecular complexity index is 362. The summed E-state index contributed by atoms with van der Waals surface area (Å²) in [6, 6.07) is 2.84. The molecule has 1 heterocycles. The van der Waals surface area contributed by atoms with Gasteiger partial charge < -0.3 is 4.74 Å². The zero-order valence-corrected chi connectivity index (χ0v) is 7.52. The van der Waals surface area contributed by atoms with Crippen LogP contribution < -0.4 is 4.74 Å². The number of ketones is 1. The Labute approximate surface area is 76.5 Å². The summed E-state index contributed by atoms with van der Waals surface area (Å²) in [5.41, 5.74) is 0.321. The molecule has 0 radical (unpaired) electrons. The van der Waals surface area contributed by atoms with E-state index in [-0.39, 0.29) is 18.1 Å². The van der Waals surface area contributed by atoms with Crippen LogP contribution in [-0.4, -0.2) is 12.4 Å². The molecule has 0 saturated heterocycles. The van der Waals surface area contributed by atoms with Crippen molar-refractivity contribution in [1.29, 1.82) is 0 Å². The SMILES string of the molecule is O=C1COc2c(F)cc(Br)cc21. The third-order valence-corrected chi connectivity index (χ3v) is 2.11. The van der Waals surface area contributed by atoms with E-state index in [9.17, 15) is 9.18 Å². The van der Waals surface area contributed by atoms with Gasteiger partial charge in [-0.15, -0.1) is 0 Å². The smallest absolute Gasteiger partial charge is 0.204 e. The average molecular weight is 231 g/mol. The lowest BCUT2D eigenvalue weighted by molar-refractivity contribution is 0.0960. The summed E-state index contributed by atoms with van der Waals surface area (Å²) in [6.07, 6.45) is 0. The number of carbonyl (C=O) groups excluding carboxylic acids is 1. The molecule has 0 aromatic heterocycles. The van der Waals surface area contributed by atoms with Gasteiger partial charge in [0.05, 0.1) is 5.56 Å². The predicted molar refractivity (Wildman–Crippen MR) is 43.9 cm³/mol. The van der Waals surface area contributed by atoms with Crippen molar-refractivity contribution in [3.8, 4) is 5.75 Å². The Morgan fingerprint density at radius 3 is 3.00 bits per heavy atom. The molecule has 0 aliphatic carbocycles. The van der Waals surface area contributed by atoms with E-state index < -0.39 is 5.82 Å². The summed E-state index contributed by atoms with van der Waals surface area (Å²) in [6.45, 7) is -0.0529. The quantitative estimate of drug-likeness (QED) is 0.683. The van der Waals surface area contributed by atoms with E-state index in [0.29, 0.717) is 10.0 Å². The van der Waals surface area contributed by atoms with Gasteiger partial charge in [-0.2, -0.15) is 0 Å². The van der Waals surface area contributed by atoms with Gasteiger partial charge in [0.2, 0.25) is 5.78 Å². The van der Waals surface area contributed by atoms with Crippen LogP contribution in [0, 0.1) is 5.82 Å². The Morgan fingerprint density at radius 1 is 1.50 bits per heavy atom. The van der Waals surface area contributed by atoms with Crippen LogP contribution in [0.25, 0.3) is 0 Å². The summed E-state index contributed by atoms with van der Waals surface area (Å²) in [5, 5.41) is 0. The van der Waals surface area contributed by atoms with E-state index in [1.54, 1.807) is 6.07 Å². The Morgan fingerprint density at radius 2 is 2.25 bits per heavy atom. The minimum absolute atomic E-state index is 0.0529. The molecule has 0 fully saturated rings. The third kappa shape index (κ3) is 1.03. The van der Waals surface area contributed by atoms with Crippen LogP contribution in [0.2, 0.25) is 0 Å². The molecule has 0 saturated carbocycles. The molecule has 1 aromatic carbocycles. The first-order chi connectivity index (χ1) is 5.68. The highest BCUT2D eigenvalue weighted by Crippen LogP contribution is 2.31. The number of hydrogen-bond acceptors (Lipinski definition) is 2. The standard InChI is InChI=1S/C8H4BrFO2/c9-4-1-5-7(11)3-12-8(5)6(10)2-4/h1-2H,3H2. The molecule has 0 atom stereocenters. The highest BCUT2D eigenvalue weighted by Gasteiger charge is 2.24. The Hall–Kier alpha value is -0.900. The monoisotopic (exact) mass is 230 g/mol. The van der Waals surface area contributed by atoms with Gasteiger partial charge in [-0.3, -0.25) is 4.79 Å². The maximum absolute atomic E-state index is 13.0. The van der Waals surface area contributed by atoms with Gasteiger partial charge in [0.1, 0.15) is 0 Å². The molecule has 2 rings (SSSR count). The van der Waals surface area contributed by atoms with Gasteiger partial charge in [0.25, 0.3) is 0 Å². The average Bonchev–Trinajstić information content (AvgIpc) is 2.33. The normalized spacial score (nSPS) is 14.3. The first-order valence-corrected chi connectivity index (χ1v) is 4.13. The summed E-state index contributed by atoms with van der Waals surface area (Å²) in [4.78, 5) is 11.1. The number of Topliss-reactive ketones (excluding diaryl/α,β-unsaturated/α-hetero) is 1. The maximum Gasteiger partial charge on any atom is 0.204 e. The molecule has 0 amide bonds. The molecule has 1 aliphatic rings. The molecule has 0 spiro atoms. The van der Waals surface area contributed by atoms with Crippen molar-refractivity contribution < 1.29 is 13.9 Å². The molecule has 62 valence electrons. The minimum atomic E-state index is -0.495. The number of ether oxygens (including phenoxy) is 1. The van der Waals surface area contributed by atoms with Crippen LogP contribution in [0.3, 0.4) is 0 Å². The topological polar surface area (TPSA) is 26.3 Å².